The SMILES string of the molecule is CCC1CCCC(C(NN)C(C)CCOC)C1. The second-order valence-electron chi connectivity index (χ2n) is 5.65. The number of hydrazine groups is 1. The van der Waals surface area contributed by atoms with Crippen LogP contribution in [0.15, 0.2) is 0 Å². The lowest BCUT2D eigenvalue weighted by Crippen LogP contribution is -2.47. The molecule has 0 aromatic heterocycles. The van der Waals surface area contributed by atoms with Crippen molar-refractivity contribution in [3.05, 3.63) is 0 Å². The van der Waals surface area contributed by atoms with Crippen molar-refractivity contribution in [2.75, 3.05) is 13.7 Å². The van der Waals surface area contributed by atoms with Crippen molar-refractivity contribution in [2.45, 2.75) is 58.4 Å². The predicted octanol–water partition coefficient (Wildman–Crippen LogP) is 2.71. The van der Waals surface area contributed by atoms with Gasteiger partial charge in [0.2, 0.25) is 0 Å². The minimum atomic E-state index is 0.458. The van der Waals surface area contributed by atoms with Crippen LogP contribution >= 0.6 is 0 Å². The van der Waals surface area contributed by atoms with E-state index in [9.17, 15) is 0 Å². The van der Waals surface area contributed by atoms with Gasteiger partial charge in [-0.05, 0) is 37.0 Å². The van der Waals surface area contributed by atoms with E-state index in [4.69, 9.17) is 10.6 Å². The van der Waals surface area contributed by atoms with Crippen LogP contribution in [0.2, 0.25) is 0 Å². The zero-order chi connectivity index (χ0) is 12.7. The monoisotopic (exact) mass is 242 g/mol. The van der Waals surface area contributed by atoms with Crippen LogP contribution < -0.4 is 11.3 Å². The van der Waals surface area contributed by atoms with Crippen molar-refractivity contribution in [1.82, 2.24) is 5.43 Å². The number of nitrogens with two attached hydrogens (primary N) is 1. The van der Waals surface area contributed by atoms with Crippen LogP contribution in [0.1, 0.15) is 52.4 Å². The summed E-state index contributed by atoms with van der Waals surface area (Å²) in [6, 6.07) is 0.458. The topological polar surface area (TPSA) is 47.3 Å². The molecule has 3 heteroatoms. The lowest BCUT2D eigenvalue weighted by Gasteiger charge is -2.37. The normalized spacial score (nSPS) is 28.9. The summed E-state index contributed by atoms with van der Waals surface area (Å²) in [7, 11) is 1.77. The van der Waals surface area contributed by atoms with Gasteiger partial charge < -0.3 is 4.74 Å². The molecule has 0 aromatic rings. The smallest absolute Gasteiger partial charge is 0.0465 e. The molecule has 1 rings (SSSR count). The number of methoxy groups -OCH3 is 1. The van der Waals surface area contributed by atoms with Gasteiger partial charge in [0.1, 0.15) is 0 Å². The molecule has 0 bridgehead atoms. The third-order valence-corrected chi connectivity index (χ3v) is 4.49. The Morgan fingerprint density at radius 3 is 2.76 bits per heavy atom. The van der Waals surface area contributed by atoms with Gasteiger partial charge in [-0.1, -0.05) is 33.1 Å². The molecule has 1 saturated carbocycles. The highest BCUT2D eigenvalue weighted by molar-refractivity contribution is 4.84. The molecule has 1 fully saturated rings. The molecular weight excluding hydrogens is 212 g/mol. The zero-order valence-electron chi connectivity index (χ0n) is 11.7. The van der Waals surface area contributed by atoms with Crippen molar-refractivity contribution >= 4 is 0 Å². The quantitative estimate of drug-likeness (QED) is 0.533. The first-order valence-corrected chi connectivity index (χ1v) is 7.17. The molecule has 1 aliphatic rings. The third kappa shape index (κ3) is 4.57. The van der Waals surface area contributed by atoms with E-state index in [1.54, 1.807) is 7.11 Å². The van der Waals surface area contributed by atoms with E-state index >= 15 is 0 Å². The third-order valence-electron chi connectivity index (χ3n) is 4.49. The van der Waals surface area contributed by atoms with Gasteiger partial charge in [-0.3, -0.25) is 11.3 Å². The van der Waals surface area contributed by atoms with E-state index in [0.717, 1.165) is 24.9 Å². The molecule has 3 N–H and O–H groups in total. The summed E-state index contributed by atoms with van der Waals surface area (Å²) in [5.74, 6) is 8.04. The zero-order valence-corrected chi connectivity index (χ0v) is 11.7. The molecule has 0 spiro atoms. The predicted molar refractivity (Wildman–Crippen MR) is 72.5 cm³/mol. The van der Waals surface area contributed by atoms with Crippen molar-refractivity contribution in [1.29, 1.82) is 0 Å². The summed E-state index contributed by atoms with van der Waals surface area (Å²) in [5.41, 5.74) is 3.07. The van der Waals surface area contributed by atoms with Gasteiger partial charge in [0.05, 0.1) is 0 Å². The number of ether oxygens (including phenoxy) is 1. The molecular formula is C14H30N2O. The largest absolute Gasteiger partial charge is 0.385 e. The van der Waals surface area contributed by atoms with Crippen LogP contribution in [0, 0.1) is 17.8 Å². The van der Waals surface area contributed by atoms with E-state index in [1.165, 1.54) is 32.1 Å². The van der Waals surface area contributed by atoms with E-state index in [-0.39, 0.29) is 0 Å². The van der Waals surface area contributed by atoms with E-state index < -0.39 is 0 Å². The molecule has 102 valence electrons. The summed E-state index contributed by atoms with van der Waals surface area (Å²) in [5, 5.41) is 0. The summed E-state index contributed by atoms with van der Waals surface area (Å²) in [4.78, 5) is 0. The molecule has 4 atom stereocenters. The van der Waals surface area contributed by atoms with Crippen LogP contribution in [0.4, 0.5) is 0 Å². The minimum absolute atomic E-state index is 0.458. The van der Waals surface area contributed by atoms with E-state index in [0.29, 0.717) is 12.0 Å². The number of rotatable bonds is 7. The fourth-order valence-electron chi connectivity index (χ4n) is 3.28. The number of nitrogens with one attached hydrogen (secondary N) is 1. The molecule has 3 nitrogen and oxygen atoms in total. The number of hydrogen-bond donors (Lipinski definition) is 2. The average molecular weight is 242 g/mol. The van der Waals surface area contributed by atoms with Gasteiger partial charge in [0, 0.05) is 19.8 Å². The maximum Gasteiger partial charge on any atom is 0.0465 e. The highest BCUT2D eigenvalue weighted by Crippen LogP contribution is 2.35. The van der Waals surface area contributed by atoms with Crippen molar-refractivity contribution in [2.24, 2.45) is 23.6 Å². The summed E-state index contributed by atoms with van der Waals surface area (Å²) in [6.07, 6.45) is 7.89. The van der Waals surface area contributed by atoms with Gasteiger partial charge in [-0.15, -0.1) is 0 Å². The minimum Gasteiger partial charge on any atom is -0.385 e. The standard InChI is InChI=1S/C14H30N2O/c1-4-12-6-5-7-13(10-12)14(16-15)11(2)8-9-17-3/h11-14,16H,4-10,15H2,1-3H3. The lowest BCUT2D eigenvalue weighted by atomic mass is 9.73. The Bertz CT molecular complexity index is 199. The fourth-order valence-corrected chi connectivity index (χ4v) is 3.28. The lowest BCUT2D eigenvalue weighted by molar-refractivity contribution is 0.134. The van der Waals surface area contributed by atoms with Crippen molar-refractivity contribution < 1.29 is 4.74 Å². The molecule has 4 unspecified atom stereocenters. The van der Waals surface area contributed by atoms with Crippen LogP contribution in [0.3, 0.4) is 0 Å². The Morgan fingerprint density at radius 2 is 2.18 bits per heavy atom. The Kier molecular flexibility index (Phi) is 7.09. The number of hydrogen-bond acceptors (Lipinski definition) is 3. The van der Waals surface area contributed by atoms with Crippen LogP contribution in [0.5, 0.6) is 0 Å². The van der Waals surface area contributed by atoms with Crippen molar-refractivity contribution in [3.63, 3.8) is 0 Å². The van der Waals surface area contributed by atoms with Crippen LogP contribution in [0.25, 0.3) is 0 Å². The Labute approximate surface area is 106 Å². The highest BCUT2D eigenvalue weighted by atomic mass is 16.5. The summed E-state index contributed by atoms with van der Waals surface area (Å²) in [6.45, 7) is 5.44. The first-order valence-electron chi connectivity index (χ1n) is 7.17. The van der Waals surface area contributed by atoms with Gasteiger partial charge >= 0.3 is 0 Å². The highest BCUT2D eigenvalue weighted by Gasteiger charge is 2.30. The van der Waals surface area contributed by atoms with Gasteiger partial charge in [0.15, 0.2) is 0 Å². The fraction of sp³-hybridized carbons (Fsp3) is 1.00. The average Bonchev–Trinajstić information content (AvgIpc) is 2.37. The molecule has 1 aliphatic carbocycles. The molecule has 17 heavy (non-hydrogen) atoms. The van der Waals surface area contributed by atoms with Crippen LogP contribution in [-0.2, 0) is 4.74 Å². The van der Waals surface area contributed by atoms with E-state index in [1.807, 2.05) is 0 Å². The summed E-state index contributed by atoms with van der Waals surface area (Å²) >= 11 is 0. The Balaban J connectivity index is 2.47. The molecule has 0 aliphatic heterocycles. The van der Waals surface area contributed by atoms with Gasteiger partial charge in [-0.2, -0.15) is 0 Å². The molecule has 0 aromatic carbocycles. The van der Waals surface area contributed by atoms with Gasteiger partial charge in [-0.25, -0.2) is 0 Å². The molecule has 0 amide bonds. The first kappa shape index (κ1) is 14.9. The van der Waals surface area contributed by atoms with Gasteiger partial charge in [0.25, 0.3) is 0 Å². The summed E-state index contributed by atoms with van der Waals surface area (Å²) < 4.78 is 5.17. The second kappa shape index (κ2) is 8.06. The maximum atomic E-state index is 5.77. The molecule has 0 radical (unpaired) electrons. The van der Waals surface area contributed by atoms with E-state index in [2.05, 4.69) is 19.3 Å². The van der Waals surface area contributed by atoms with Crippen molar-refractivity contribution in [3.8, 4) is 0 Å². The van der Waals surface area contributed by atoms with Crippen LogP contribution in [-0.4, -0.2) is 19.8 Å². The molecule has 0 saturated heterocycles. The molecule has 0 heterocycles. The second-order valence-corrected chi connectivity index (χ2v) is 5.65. The Hall–Kier alpha value is -0.120. The first-order chi connectivity index (χ1) is 8.22. The Morgan fingerprint density at radius 1 is 1.41 bits per heavy atom. The maximum absolute atomic E-state index is 5.77.